The summed E-state index contributed by atoms with van der Waals surface area (Å²) >= 11 is 2.94. The van der Waals surface area contributed by atoms with E-state index in [-0.39, 0.29) is 10.0 Å². The van der Waals surface area contributed by atoms with Crippen molar-refractivity contribution in [3.63, 3.8) is 0 Å². The highest BCUT2D eigenvalue weighted by Crippen LogP contribution is 2.40. The quantitative estimate of drug-likeness (QED) is 0.632. The third kappa shape index (κ3) is 2.42. The molecule has 0 saturated heterocycles. The highest BCUT2D eigenvalue weighted by Gasteiger charge is 2.22. The molecule has 0 amide bonds. The summed E-state index contributed by atoms with van der Waals surface area (Å²) in [5.74, 6) is -3.88. The van der Waals surface area contributed by atoms with Crippen molar-refractivity contribution in [2.75, 3.05) is 0 Å². The molecule has 1 unspecified atom stereocenters. The molecule has 5 nitrogen and oxygen atoms in total. The fraction of sp³-hybridized carbons (Fsp3) is 0.222. The SMILES string of the molecule is NC(CC(=O)O)c1c(Br)cc(F)c(O)c1O. The van der Waals surface area contributed by atoms with Crippen LogP contribution in [0.15, 0.2) is 10.5 Å². The Morgan fingerprint density at radius 3 is 2.56 bits per heavy atom. The monoisotopic (exact) mass is 293 g/mol. The van der Waals surface area contributed by atoms with Crippen LogP contribution in [0.4, 0.5) is 4.39 Å². The van der Waals surface area contributed by atoms with Gasteiger partial charge in [0.25, 0.3) is 0 Å². The molecule has 1 aromatic rings. The summed E-state index contributed by atoms with van der Waals surface area (Å²) < 4.78 is 13.1. The van der Waals surface area contributed by atoms with Crippen LogP contribution in [-0.2, 0) is 4.79 Å². The lowest BCUT2D eigenvalue weighted by atomic mass is 10.0. The second-order valence-electron chi connectivity index (χ2n) is 3.16. The second-order valence-corrected chi connectivity index (χ2v) is 4.01. The largest absolute Gasteiger partial charge is 0.504 e. The van der Waals surface area contributed by atoms with Gasteiger partial charge in [-0.15, -0.1) is 0 Å². The zero-order chi connectivity index (χ0) is 12.5. The van der Waals surface area contributed by atoms with Crippen molar-refractivity contribution >= 4 is 21.9 Å². The van der Waals surface area contributed by atoms with Gasteiger partial charge in [-0.3, -0.25) is 4.79 Å². The van der Waals surface area contributed by atoms with Gasteiger partial charge in [0.2, 0.25) is 0 Å². The van der Waals surface area contributed by atoms with Crippen LogP contribution in [0.5, 0.6) is 11.5 Å². The fourth-order valence-corrected chi connectivity index (χ4v) is 1.94. The molecule has 0 aliphatic heterocycles. The molecule has 0 aliphatic rings. The van der Waals surface area contributed by atoms with Gasteiger partial charge in [0.05, 0.1) is 6.42 Å². The highest BCUT2D eigenvalue weighted by molar-refractivity contribution is 9.10. The van der Waals surface area contributed by atoms with E-state index in [1.54, 1.807) is 0 Å². The Morgan fingerprint density at radius 1 is 1.50 bits per heavy atom. The minimum Gasteiger partial charge on any atom is -0.504 e. The molecule has 16 heavy (non-hydrogen) atoms. The highest BCUT2D eigenvalue weighted by atomic mass is 79.9. The normalized spacial score (nSPS) is 12.4. The lowest BCUT2D eigenvalue weighted by molar-refractivity contribution is -0.137. The van der Waals surface area contributed by atoms with E-state index in [1.165, 1.54) is 0 Å². The van der Waals surface area contributed by atoms with E-state index in [1.807, 2.05) is 0 Å². The minimum absolute atomic E-state index is 0.0405. The average molecular weight is 294 g/mol. The Bertz CT molecular complexity index is 438. The second kappa shape index (κ2) is 4.67. The number of halogens is 2. The minimum atomic E-state index is -1.16. The molecule has 1 rings (SSSR count). The maximum Gasteiger partial charge on any atom is 0.305 e. The molecule has 0 aliphatic carbocycles. The van der Waals surface area contributed by atoms with Gasteiger partial charge in [-0.1, -0.05) is 15.9 Å². The predicted molar refractivity (Wildman–Crippen MR) is 56.6 cm³/mol. The number of nitrogens with two attached hydrogens (primary N) is 1. The number of aromatic hydroxyl groups is 2. The first-order valence-corrected chi connectivity index (χ1v) is 5.01. The number of carboxylic acids is 1. The van der Waals surface area contributed by atoms with Crippen LogP contribution in [0, 0.1) is 5.82 Å². The van der Waals surface area contributed by atoms with Gasteiger partial charge in [0.15, 0.2) is 17.3 Å². The number of carboxylic acid groups (broad SMARTS) is 1. The fourth-order valence-electron chi connectivity index (χ4n) is 1.25. The Labute approximate surface area is 98.4 Å². The third-order valence-electron chi connectivity index (χ3n) is 1.98. The van der Waals surface area contributed by atoms with Crippen molar-refractivity contribution in [2.24, 2.45) is 5.73 Å². The van der Waals surface area contributed by atoms with Crippen LogP contribution >= 0.6 is 15.9 Å². The number of phenolic OH excluding ortho intramolecular Hbond substituents is 2. The molecule has 0 bridgehead atoms. The molecule has 0 aromatic heterocycles. The average Bonchev–Trinajstić information content (AvgIpc) is 2.13. The van der Waals surface area contributed by atoms with Crippen molar-refractivity contribution in [1.29, 1.82) is 0 Å². The number of benzene rings is 1. The first-order valence-electron chi connectivity index (χ1n) is 4.21. The van der Waals surface area contributed by atoms with Gasteiger partial charge in [0.1, 0.15) is 0 Å². The van der Waals surface area contributed by atoms with Gasteiger partial charge < -0.3 is 21.1 Å². The lowest BCUT2D eigenvalue weighted by Gasteiger charge is -2.14. The zero-order valence-electron chi connectivity index (χ0n) is 7.94. The van der Waals surface area contributed by atoms with Crippen molar-refractivity contribution in [1.82, 2.24) is 0 Å². The van der Waals surface area contributed by atoms with Gasteiger partial charge in [-0.25, -0.2) is 4.39 Å². The molecule has 0 heterocycles. The maximum absolute atomic E-state index is 12.9. The summed E-state index contributed by atoms with van der Waals surface area (Å²) in [7, 11) is 0. The van der Waals surface area contributed by atoms with E-state index < -0.39 is 35.7 Å². The molecular formula is C9H9BrFNO4. The number of phenols is 2. The van der Waals surface area contributed by atoms with E-state index in [9.17, 15) is 14.3 Å². The van der Waals surface area contributed by atoms with Crippen LogP contribution in [-0.4, -0.2) is 21.3 Å². The summed E-state index contributed by atoms with van der Waals surface area (Å²) in [6.45, 7) is 0. The summed E-state index contributed by atoms with van der Waals surface area (Å²) in [4.78, 5) is 10.4. The van der Waals surface area contributed by atoms with Crippen LogP contribution in [0.1, 0.15) is 18.0 Å². The Kier molecular flexibility index (Phi) is 3.71. The third-order valence-corrected chi connectivity index (χ3v) is 2.64. The van der Waals surface area contributed by atoms with Crippen molar-refractivity contribution in [3.8, 4) is 11.5 Å². The van der Waals surface area contributed by atoms with Crippen LogP contribution in [0.2, 0.25) is 0 Å². The van der Waals surface area contributed by atoms with Crippen molar-refractivity contribution in [3.05, 3.63) is 21.9 Å². The number of hydrogen-bond acceptors (Lipinski definition) is 4. The summed E-state index contributed by atoms with van der Waals surface area (Å²) in [6, 6.07) is -0.134. The van der Waals surface area contributed by atoms with E-state index in [2.05, 4.69) is 15.9 Å². The molecular weight excluding hydrogens is 285 g/mol. The van der Waals surface area contributed by atoms with Crippen molar-refractivity contribution in [2.45, 2.75) is 12.5 Å². The van der Waals surface area contributed by atoms with Crippen molar-refractivity contribution < 1.29 is 24.5 Å². The van der Waals surface area contributed by atoms with Crippen LogP contribution < -0.4 is 5.73 Å². The number of rotatable bonds is 3. The van der Waals surface area contributed by atoms with Gasteiger partial charge in [-0.05, 0) is 6.07 Å². The summed E-state index contributed by atoms with van der Waals surface area (Å²) in [6.07, 6.45) is -0.447. The zero-order valence-corrected chi connectivity index (χ0v) is 9.53. The predicted octanol–water partition coefficient (Wildman–Crippen LogP) is 1.47. The smallest absolute Gasteiger partial charge is 0.305 e. The standard InChI is InChI=1S/C9H9BrFNO4/c10-3-1-4(11)8(15)9(16)7(3)5(12)2-6(13)14/h1,5,15-16H,2,12H2,(H,13,14). The van der Waals surface area contributed by atoms with Gasteiger partial charge in [-0.2, -0.15) is 0 Å². The topological polar surface area (TPSA) is 104 Å². The molecule has 0 fully saturated rings. The Hall–Kier alpha value is -1.34. The summed E-state index contributed by atoms with van der Waals surface area (Å²) in [5, 5.41) is 27.1. The molecule has 1 atom stereocenters. The maximum atomic E-state index is 12.9. The van der Waals surface area contributed by atoms with Crippen LogP contribution in [0.25, 0.3) is 0 Å². The molecule has 7 heteroatoms. The lowest BCUT2D eigenvalue weighted by Crippen LogP contribution is -2.16. The van der Waals surface area contributed by atoms with Gasteiger partial charge >= 0.3 is 5.97 Å². The van der Waals surface area contributed by atoms with E-state index in [4.69, 9.17) is 15.9 Å². The van der Waals surface area contributed by atoms with E-state index in [0.717, 1.165) is 6.07 Å². The molecule has 0 radical (unpaired) electrons. The van der Waals surface area contributed by atoms with Crippen LogP contribution in [0.3, 0.4) is 0 Å². The molecule has 0 saturated carbocycles. The number of hydrogen-bond donors (Lipinski definition) is 4. The van der Waals surface area contributed by atoms with Gasteiger partial charge in [0, 0.05) is 16.1 Å². The molecule has 0 spiro atoms. The first-order chi connectivity index (χ1) is 7.34. The summed E-state index contributed by atoms with van der Waals surface area (Å²) in [5.41, 5.74) is 5.47. The molecule has 5 N–H and O–H groups in total. The van der Waals surface area contributed by atoms with E-state index in [0.29, 0.717) is 0 Å². The Morgan fingerprint density at radius 2 is 2.06 bits per heavy atom. The Balaban J connectivity index is 3.23. The molecule has 1 aromatic carbocycles. The first kappa shape index (κ1) is 12.7. The number of aliphatic carboxylic acids is 1. The molecule has 88 valence electrons. The number of carbonyl (C=O) groups is 1. The van der Waals surface area contributed by atoms with E-state index >= 15 is 0 Å².